The number of carbonyl (C=O) groups is 2. The molecule has 23 heavy (non-hydrogen) atoms. The van der Waals surface area contributed by atoms with Gasteiger partial charge in [0, 0.05) is 5.56 Å². The van der Waals surface area contributed by atoms with E-state index in [9.17, 15) is 9.59 Å². The smallest absolute Gasteiger partial charge is 0.331 e. The number of carbonyl (C=O) groups excluding carboxylic acids is 2. The van der Waals surface area contributed by atoms with E-state index in [-0.39, 0.29) is 12.3 Å². The first-order chi connectivity index (χ1) is 11.0. The number of ether oxygens (including phenoxy) is 1. The van der Waals surface area contributed by atoms with Crippen molar-refractivity contribution in [1.82, 2.24) is 10.3 Å². The first-order valence-corrected chi connectivity index (χ1v) is 7.37. The summed E-state index contributed by atoms with van der Waals surface area (Å²) in [6.07, 6.45) is 1.91. The fraction of sp³-hybridized carbons (Fsp3) is 0.353. The zero-order valence-corrected chi connectivity index (χ0v) is 13.5. The highest BCUT2D eigenvalue weighted by atomic mass is 16.5. The summed E-state index contributed by atoms with van der Waals surface area (Å²) in [6, 6.07) is 9.42. The average molecular weight is 316 g/mol. The van der Waals surface area contributed by atoms with E-state index in [1.165, 1.54) is 13.4 Å². The summed E-state index contributed by atoms with van der Waals surface area (Å²) in [5.74, 6) is -0.328. The van der Waals surface area contributed by atoms with Crippen LogP contribution < -0.4 is 5.32 Å². The molecule has 0 aliphatic heterocycles. The van der Waals surface area contributed by atoms with Crippen LogP contribution in [0.2, 0.25) is 0 Å². The molecule has 1 N–H and O–H groups in total. The minimum atomic E-state index is -1.04. The lowest BCUT2D eigenvalue weighted by Gasteiger charge is -2.26. The number of rotatable bonds is 6. The van der Waals surface area contributed by atoms with Crippen LogP contribution in [0.25, 0.3) is 11.5 Å². The second-order valence-corrected chi connectivity index (χ2v) is 5.41. The van der Waals surface area contributed by atoms with Gasteiger partial charge in [-0.25, -0.2) is 9.78 Å². The van der Waals surface area contributed by atoms with Crippen LogP contribution in [-0.4, -0.2) is 29.5 Å². The number of nitrogens with one attached hydrogen (secondary N) is 1. The van der Waals surface area contributed by atoms with Crippen LogP contribution in [0.3, 0.4) is 0 Å². The van der Waals surface area contributed by atoms with E-state index >= 15 is 0 Å². The molecule has 1 atom stereocenters. The van der Waals surface area contributed by atoms with Crippen molar-refractivity contribution in [2.24, 2.45) is 0 Å². The molecule has 1 heterocycles. The molecule has 2 rings (SSSR count). The summed E-state index contributed by atoms with van der Waals surface area (Å²) in [6.45, 7) is 3.44. The first kappa shape index (κ1) is 16.7. The zero-order valence-electron chi connectivity index (χ0n) is 13.5. The number of oxazole rings is 1. The van der Waals surface area contributed by atoms with Crippen LogP contribution in [0.4, 0.5) is 0 Å². The fourth-order valence-electron chi connectivity index (χ4n) is 2.13. The third kappa shape index (κ3) is 3.97. The summed E-state index contributed by atoms with van der Waals surface area (Å²) in [5, 5.41) is 2.70. The summed E-state index contributed by atoms with van der Waals surface area (Å²) in [4.78, 5) is 28.2. The molecule has 6 nitrogen and oxygen atoms in total. The summed E-state index contributed by atoms with van der Waals surface area (Å²) in [7, 11) is 1.30. The molecule has 1 aromatic heterocycles. The van der Waals surface area contributed by atoms with Gasteiger partial charge in [0.15, 0.2) is 0 Å². The molecule has 0 fully saturated rings. The predicted octanol–water partition coefficient (Wildman–Crippen LogP) is 2.34. The minimum Gasteiger partial charge on any atom is -0.467 e. The van der Waals surface area contributed by atoms with Crippen LogP contribution in [0.15, 0.2) is 41.0 Å². The van der Waals surface area contributed by atoms with Gasteiger partial charge in [-0.05, 0) is 25.5 Å². The van der Waals surface area contributed by atoms with Crippen LogP contribution in [0.1, 0.15) is 26.0 Å². The predicted molar refractivity (Wildman–Crippen MR) is 84.5 cm³/mol. The molecule has 0 radical (unpaired) electrons. The van der Waals surface area contributed by atoms with E-state index in [2.05, 4.69) is 10.3 Å². The highest BCUT2D eigenvalue weighted by molar-refractivity contribution is 5.88. The lowest BCUT2D eigenvalue weighted by atomic mass is 9.99. The maximum Gasteiger partial charge on any atom is 0.331 e. The van der Waals surface area contributed by atoms with Gasteiger partial charge in [0.25, 0.3) is 0 Å². The number of methoxy groups -OCH3 is 1. The summed E-state index contributed by atoms with van der Waals surface area (Å²) < 4.78 is 10.1. The van der Waals surface area contributed by atoms with Crippen molar-refractivity contribution in [3.63, 3.8) is 0 Å². The monoisotopic (exact) mass is 316 g/mol. The molecule has 0 saturated carbocycles. The summed E-state index contributed by atoms with van der Waals surface area (Å²) >= 11 is 0. The van der Waals surface area contributed by atoms with Crippen LogP contribution in [-0.2, 0) is 20.7 Å². The highest BCUT2D eigenvalue weighted by Gasteiger charge is 2.34. The van der Waals surface area contributed by atoms with Gasteiger partial charge < -0.3 is 14.5 Å². The molecule has 0 aliphatic rings. The Labute approximate surface area is 134 Å². The molecule has 122 valence electrons. The first-order valence-electron chi connectivity index (χ1n) is 7.37. The van der Waals surface area contributed by atoms with Crippen molar-refractivity contribution in [3.8, 4) is 11.5 Å². The van der Waals surface area contributed by atoms with Crippen molar-refractivity contribution < 1.29 is 18.7 Å². The topological polar surface area (TPSA) is 81.4 Å². The maximum absolute atomic E-state index is 12.2. The van der Waals surface area contributed by atoms with E-state index in [1.54, 1.807) is 13.8 Å². The zero-order chi connectivity index (χ0) is 16.9. The molecule has 2 aromatic rings. The van der Waals surface area contributed by atoms with Gasteiger partial charge in [-0.3, -0.25) is 4.79 Å². The molecule has 6 heteroatoms. The van der Waals surface area contributed by atoms with Crippen molar-refractivity contribution >= 4 is 11.9 Å². The van der Waals surface area contributed by atoms with Crippen molar-refractivity contribution in [2.45, 2.75) is 32.2 Å². The van der Waals surface area contributed by atoms with Crippen molar-refractivity contribution in [2.75, 3.05) is 7.11 Å². The van der Waals surface area contributed by atoms with Crippen LogP contribution in [0.5, 0.6) is 0 Å². The van der Waals surface area contributed by atoms with Gasteiger partial charge in [-0.1, -0.05) is 25.1 Å². The second kappa shape index (κ2) is 7.09. The van der Waals surface area contributed by atoms with Crippen LogP contribution >= 0.6 is 0 Å². The minimum absolute atomic E-state index is 0.0307. The molecule has 0 saturated heterocycles. The number of amides is 1. The standard InChI is InChI=1S/C17H20N2O4/c1-4-17(2,16(21)22-3)19-14(20)10-13-11-23-15(18-13)12-8-6-5-7-9-12/h5-9,11H,4,10H2,1-3H3,(H,19,20). The Bertz CT molecular complexity index is 681. The van der Waals surface area contributed by atoms with Gasteiger partial charge in [0.05, 0.1) is 19.2 Å². The van der Waals surface area contributed by atoms with E-state index in [1.807, 2.05) is 30.3 Å². The SMILES string of the molecule is CCC(C)(NC(=O)Cc1coc(-c2ccccc2)n1)C(=O)OC. The van der Waals surface area contributed by atoms with Gasteiger partial charge in [-0.2, -0.15) is 0 Å². The van der Waals surface area contributed by atoms with E-state index in [0.717, 1.165) is 5.56 Å². The highest BCUT2D eigenvalue weighted by Crippen LogP contribution is 2.18. The number of benzene rings is 1. The number of hydrogen-bond acceptors (Lipinski definition) is 5. The quantitative estimate of drug-likeness (QED) is 0.827. The van der Waals surface area contributed by atoms with Gasteiger partial charge in [-0.15, -0.1) is 0 Å². The fourth-order valence-corrected chi connectivity index (χ4v) is 2.13. The maximum atomic E-state index is 12.2. The Kier molecular flexibility index (Phi) is 5.16. The van der Waals surface area contributed by atoms with Crippen molar-refractivity contribution in [1.29, 1.82) is 0 Å². The number of nitrogens with zero attached hydrogens (tertiary/aromatic N) is 1. The van der Waals surface area contributed by atoms with Crippen LogP contribution in [0, 0.1) is 0 Å². The average Bonchev–Trinajstić information content (AvgIpc) is 3.02. The van der Waals surface area contributed by atoms with Crippen molar-refractivity contribution in [3.05, 3.63) is 42.3 Å². The third-order valence-corrected chi connectivity index (χ3v) is 3.67. The Balaban J connectivity index is 2.04. The van der Waals surface area contributed by atoms with Gasteiger partial charge in [0.1, 0.15) is 11.8 Å². The largest absolute Gasteiger partial charge is 0.467 e. The Morgan fingerprint density at radius 3 is 2.61 bits per heavy atom. The molecule has 1 unspecified atom stereocenters. The molecular weight excluding hydrogens is 296 g/mol. The Morgan fingerprint density at radius 1 is 1.30 bits per heavy atom. The third-order valence-electron chi connectivity index (χ3n) is 3.67. The lowest BCUT2D eigenvalue weighted by Crippen LogP contribution is -2.52. The van der Waals surface area contributed by atoms with E-state index in [0.29, 0.717) is 18.0 Å². The van der Waals surface area contributed by atoms with Gasteiger partial charge >= 0.3 is 5.97 Å². The normalized spacial score (nSPS) is 13.2. The molecule has 1 amide bonds. The Hall–Kier alpha value is -2.63. The number of aromatic nitrogens is 1. The molecule has 0 aliphatic carbocycles. The number of esters is 1. The molecular formula is C17H20N2O4. The lowest BCUT2D eigenvalue weighted by molar-refractivity contribution is -0.150. The molecule has 0 spiro atoms. The number of hydrogen-bond donors (Lipinski definition) is 1. The second-order valence-electron chi connectivity index (χ2n) is 5.41. The van der Waals surface area contributed by atoms with E-state index < -0.39 is 11.5 Å². The molecule has 1 aromatic carbocycles. The molecule has 0 bridgehead atoms. The summed E-state index contributed by atoms with van der Waals surface area (Å²) in [5.41, 5.74) is 0.300. The van der Waals surface area contributed by atoms with Gasteiger partial charge in [0.2, 0.25) is 11.8 Å². The van der Waals surface area contributed by atoms with E-state index in [4.69, 9.17) is 9.15 Å². The Morgan fingerprint density at radius 2 is 2.00 bits per heavy atom.